The molecule has 0 aliphatic rings. The molecule has 0 radical (unpaired) electrons. The Hall–Kier alpha value is -1.13. The van der Waals surface area contributed by atoms with Crippen LogP contribution in [0.15, 0.2) is 12.1 Å². The van der Waals surface area contributed by atoms with Gasteiger partial charge in [0, 0.05) is 24.8 Å². The number of aryl methyl sites for hydroxylation is 1. The number of rotatable bonds is 8. The number of nitrogens with one attached hydrogen (secondary N) is 1. The summed E-state index contributed by atoms with van der Waals surface area (Å²) in [4.78, 5) is 6.56. The smallest absolute Gasteiger partial charge is 0.213 e. The third-order valence-electron chi connectivity index (χ3n) is 2.70. The molecule has 1 aromatic rings. The molecule has 0 saturated carbocycles. The van der Waals surface area contributed by atoms with Crippen molar-refractivity contribution in [3.63, 3.8) is 0 Å². The SMILES string of the molecule is CCCNCc1ccc(OCCN(C)C)nc1C. The first-order valence-electron chi connectivity index (χ1n) is 6.58. The fourth-order valence-corrected chi connectivity index (χ4v) is 1.57. The summed E-state index contributed by atoms with van der Waals surface area (Å²) in [7, 11) is 4.06. The molecule has 0 spiro atoms. The lowest BCUT2D eigenvalue weighted by Crippen LogP contribution is -2.20. The van der Waals surface area contributed by atoms with Gasteiger partial charge >= 0.3 is 0 Å². The van der Waals surface area contributed by atoms with Crippen LogP contribution in [0.5, 0.6) is 5.88 Å². The first-order chi connectivity index (χ1) is 8.63. The minimum Gasteiger partial charge on any atom is -0.476 e. The van der Waals surface area contributed by atoms with Crippen molar-refractivity contribution in [2.24, 2.45) is 0 Å². The van der Waals surface area contributed by atoms with E-state index < -0.39 is 0 Å². The number of hydrogen-bond donors (Lipinski definition) is 1. The number of ether oxygens (including phenoxy) is 1. The van der Waals surface area contributed by atoms with Gasteiger partial charge in [-0.2, -0.15) is 0 Å². The summed E-state index contributed by atoms with van der Waals surface area (Å²) in [6.45, 7) is 7.69. The maximum atomic E-state index is 5.61. The van der Waals surface area contributed by atoms with Crippen LogP contribution in [0, 0.1) is 6.92 Å². The lowest BCUT2D eigenvalue weighted by molar-refractivity contribution is 0.253. The molecule has 102 valence electrons. The molecular formula is C14H25N3O. The molecule has 0 bridgehead atoms. The van der Waals surface area contributed by atoms with Crippen LogP contribution in [-0.4, -0.2) is 43.7 Å². The topological polar surface area (TPSA) is 37.4 Å². The van der Waals surface area contributed by atoms with E-state index in [1.165, 1.54) is 5.56 Å². The Balaban J connectivity index is 2.45. The van der Waals surface area contributed by atoms with Crippen LogP contribution < -0.4 is 10.1 Å². The molecule has 0 saturated heterocycles. The van der Waals surface area contributed by atoms with Crippen LogP contribution in [0.25, 0.3) is 0 Å². The maximum Gasteiger partial charge on any atom is 0.213 e. The van der Waals surface area contributed by atoms with Gasteiger partial charge in [-0.3, -0.25) is 0 Å². The van der Waals surface area contributed by atoms with Crippen LogP contribution in [0.2, 0.25) is 0 Å². The van der Waals surface area contributed by atoms with E-state index in [4.69, 9.17) is 4.74 Å². The van der Waals surface area contributed by atoms with Crippen LogP contribution >= 0.6 is 0 Å². The van der Waals surface area contributed by atoms with E-state index in [-0.39, 0.29) is 0 Å². The van der Waals surface area contributed by atoms with Crippen molar-refractivity contribution in [3.8, 4) is 5.88 Å². The van der Waals surface area contributed by atoms with Gasteiger partial charge in [0.1, 0.15) is 6.61 Å². The molecule has 0 aromatic carbocycles. The molecule has 4 nitrogen and oxygen atoms in total. The zero-order valence-corrected chi connectivity index (χ0v) is 12.0. The van der Waals surface area contributed by atoms with Crippen molar-refractivity contribution in [3.05, 3.63) is 23.4 Å². The van der Waals surface area contributed by atoms with Crippen molar-refractivity contribution in [1.82, 2.24) is 15.2 Å². The summed E-state index contributed by atoms with van der Waals surface area (Å²) in [5.74, 6) is 0.716. The second-order valence-corrected chi connectivity index (χ2v) is 4.72. The normalized spacial score (nSPS) is 10.9. The molecule has 0 atom stereocenters. The fraction of sp³-hybridized carbons (Fsp3) is 0.643. The average molecular weight is 251 g/mol. The second kappa shape index (κ2) is 8.06. The van der Waals surface area contributed by atoms with Crippen LogP contribution in [0.1, 0.15) is 24.6 Å². The number of nitrogens with zero attached hydrogens (tertiary/aromatic N) is 2. The van der Waals surface area contributed by atoms with Gasteiger partial charge in [-0.1, -0.05) is 13.0 Å². The summed E-state index contributed by atoms with van der Waals surface area (Å²) in [6, 6.07) is 4.04. The first kappa shape index (κ1) is 14.9. The van der Waals surface area contributed by atoms with Gasteiger partial charge < -0.3 is 15.0 Å². The summed E-state index contributed by atoms with van der Waals surface area (Å²) >= 11 is 0. The van der Waals surface area contributed by atoms with Gasteiger partial charge in [0.15, 0.2) is 0 Å². The predicted molar refractivity (Wildman–Crippen MR) is 75.0 cm³/mol. The Kier molecular flexibility index (Phi) is 6.68. The highest BCUT2D eigenvalue weighted by Crippen LogP contribution is 2.12. The average Bonchev–Trinajstić information content (AvgIpc) is 2.31. The summed E-state index contributed by atoms with van der Waals surface area (Å²) in [5, 5.41) is 3.38. The Bertz CT molecular complexity index is 353. The summed E-state index contributed by atoms with van der Waals surface area (Å²) < 4.78 is 5.61. The maximum absolute atomic E-state index is 5.61. The Morgan fingerprint density at radius 1 is 1.33 bits per heavy atom. The Morgan fingerprint density at radius 3 is 2.72 bits per heavy atom. The molecule has 1 heterocycles. The quantitative estimate of drug-likeness (QED) is 0.715. The van der Waals surface area contributed by atoms with Crippen molar-refractivity contribution in [2.75, 3.05) is 33.8 Å². The minimum atomic E-state index is 0.673. The van der Waals surface area contributed by atoms with E-state index in [9.17, 15) is 0 Å². The number of likely N-dealkylation sites (N-methyl/N-ethyl adjacent to an activating group) is 1. The van der Waals surface area contributed by atoms with Gasteiger partial charge in [-0.25, -0.2) is 4.98 Å². The monoisotopic (exact) mass is 251 g/mol. The molecule has 0 amide bonds. The van der Waals surface area contributed by atoms with Gasteiger partial charge in [0.05, 0.1) is 0 Å². The summed E-state index contributed by atoms with van der Waals surface area (Å²) in [5.41, 5.74) is 2.28. The number of aromatic nitrogens is 1. The lowest BCUT2D eigenvalue weighted by Gasteiger charge is -2.12. The van der Waals surface area contributed by atoms with E-state index in [0.717, 1.165) is 31.7 Å². The molecule has 0 aliphatic carbocycles. The van der Waals surface area contributed by atoms with Crippen LogP contribution in [-0.2, 0) is 6.54 Å². The molecule has 1 N–H and O–H groups in total. The number of hydrogen-bond acceptors (Lipinski definition) is 4. The first-order valence-corrected chi connectivity index (χ1v) is 6.58. The van der Waals surface area contributed by atoms with Crippen LogP contribution in [0.4, 0.5) is 0 Å². The summed E-state index contributed by atoms with van der Waals surface area (Å²) in [6.07, 6.45) is 1.15. The second-order valence-electron chi connectivity index (χ2n) is 4.72. The highest BCUT2D eigenvalue weighted by molar-refractivity contribution is 5.24. The standard InChI is InChI=1S/C14H25N3O/c1-5-8-15-11-13-6-7-14(16-12(13)2)18-10-9-17(3)4/h6-7,15H,5,8-11H2,1-4H3. The highest BCUT2D eigenvalue weighted by atomic mass is 16.5. The van der Waals surface area contributed by atoms with Crippen molar-refractivity contribution in [1.29, 1.82) is 0 Å². The Labute approximate surface area is 110 Å². The van der Waals surface area contributed by atoms with Gasteiger partial charge in [0.2, 0.25) is 5.88 Å². The van der Waals surface area contributed by atoms with Gasteiger partial charge in [0.25, 0.3) is 0 Å². The predicted octanol–water partition coefficient (Wildman–Crippen LogP) is 1.83. The van der Waals surface area contributed by atoms with Crippen molar-refractivity contribution < 1.29 is 4.74 Å². The molecule has 0 fully saturated rings. The highest BCUT2D eigenvalue weighted by Gasteiger charge is 2.02. The third-order valence-corrected chi connectivity index (χ3v) is 2.70. The zero-order chi connectivity index (χ0) is 13.4. The molecule has 4 heteroatoms. The Morgan fingerprint density at radius 2 is 2.11 bits per heavy atom. The largest absolute Gasteiger partial charge is 0.476 e. The van der Waals surface area contributed by atoms with Crippen LogP contribution in [0.3, 0.4) is 0 Å². The van der Waals surface area contributed by atoms with Crippen molar-refractivity contribution >= 4 is 0 Å². The lowest BCUT2D eigenvalue weighted by atomic mass is 10.2. The van der Waals surface area contributed by atoms with E-state index in [1.54, 1.807) is 0 Å². The molecule has 1 rings (SSSR count). The fourth-order valence-electron chi connectivity index (χ4n) is 1.57. The van der Waals surface area contributed by atoms with E-state index >= 15 is 0 Å². The molecule has 0 unspecified atom stereocenters. The number of pyridine rings is 1. The third kappa shape index (κ3) is 5.47. The molecular weight excluding hydrogens is 226 g/mol. The molecule has 1 aromatic heterocycles. The van der Waals surface area contributed by atoms with Crippen molar-refractivity contribution in [2.45, 2.75) is 26.8 Å². The molecule has 18 heavy (non-hydrogen) atoms. The van der Waals surface area contributed by atoms with Gasteiger partial charge in [-0.05, 0) is 39.5 Å². The molecule has 0 aliphatic heterocycles. The zero-order valence-electron chi connectivity index (χ0n) is 12.0. The van der Waals surface area contributed by atoms with E-state index in [1.807, 2.05) is 27.1 Å². The van der Waals surface area contributed by atoms with E-state index in [2.05, 4.69) is 28.2 Å². The van der Waals surface area contributed by atoms with E-state index in [0.29, 0.717) is 12.5 Å². The van der Waals surface area contributed by atoms with Gasteiger partial charge in [-0.15, -0.1) is 0 Å². The minimum absolute atomic E-state index is 0.673.